The standard InChI is InChI=1S/C16H27N3O6S/c1-2-3-4-5-8-26-10-12(15(23)18-9-14(21)22)19-13(20)7-6-11(17)16(24)25/h4-5,11-12H,2-3,6-10,17H2,1H3,(H,18,23)(H,19,20)(H,21,22)(H,24,25)/b5-4+/t11-,12-/m0/s1. The van der Waals surface area contributed by atoms with E-state index in [1.807, 2.05) is 12.2 Å². The summed E-state index contributed by atoms with van der Waals surface area (Å²) in [5, 5.41) is 22.1. The first-order valence-electron chi connectivity index (χ1n) is 8.27. The second kappa shape index (κ2) is 14.1. The molecule has 2 amide bonds. The summed E-state index contributed by atoms with van der Waals surface area (Å²) in [5.74, 6) is -2.59. The van der Waals surface area contributed by atoms with E-state index in [0.29, 0.717) is 5.75 Å². The van der Waals surface area contributed by atoms with E-state index in [2.05, 4.69) is 17.6 Å². The average molecular weight is 389 g/mol. The van der Waals surface area contributed by atoms with E-state index in [1.165, 1.54) is 11.8 Å². The van der Waals surface area contributed by atoms with Crippen LogP contribution in [0.3, 0.4) is 0 Å². The zero-order valence-corrected chi connectivity index (χ0v) is 15.6. The number of carbonyl (C=O) groups excluding carboxylic acids is 2. The van der Waals surface area contributed by atoms with Gasteiger partial charge in [-0.25, -0.2) is 0 Å². The first-order valence-corrected chi connectivity index (χ1v) is 9.43. The van der Waals surface area contributed by atoms with Crippen LogP contribution in [0.2, 0.25) is 0 Å². The molecule has 2 atom stereocenters. The highest BCUT2D eigenvalue weighted by Crippen LogP contribution is 2.06. The molecule has 0 radical (unpaired) electrons. The van der Waals surface area contributed by atoms with E-state index < -0.39 is 42.4 Å². The Morgan fingerprint density at radius 2 is 1.88 bits per heavy atom. The Morgan fingerprint density at radius 1 is 1.19 bits per heavy atom. The number of thioether (sulfide) groups is 1. The highest BCUT2D eigenvalue weighted by molar-refractivity contribution is 7.99. The molecule has 0 heterocycles. The molecular formula is C16H27N3O6S. The van der Waals surface area contributed by atoms with Crippen molar-refractivity contribution in [2.75, 3.05) is 18.1 Å². The molecule has 0 aromatic carbocycles. The number of hydrogen-bond acceptors (Lipinski definition) is 6. The number of rotatable bonds is 14. The predicted molar refractivity (Wildman–Crippen MR) is 98.8 cm³/mol. The van der Waals surface area contributed by atoms with Gasteiger partial charge in [0.1, 0.15) is 18.6 Å². The van der Waals surface area contributed by atoms with Gasteiger partial charge in [0, 0.05) is 17.9 Å². The zero-order valence-electron chi connectivity index (χ0n) is 14.8. The number of hydrogen-bond donors (Lipinski definition) is 5. The molecule has 0 rings (SSSR count). The SMILES string of the molecule is CCC/C=C/CSC[C@H](NC(=O)CC[C@H](N)C(=O)O)C(=O)NCC(=O)O. The molecule has 6 N–H and O–H groups in total. The number of carboxylic acids is 2. The van der Waals surface area contributed by atoms with Crippen molar-refractivity contribution >= 4 is 35.5 Å². The van der Waals surface area contributed by atoms with Crippen LogP contribution in [0.5, 0.6) is 0 Å². The van der Waals surface area contributed by atoms with Gasteiger partial charge < -0.3 is 26.6 Å². The molecule has 0 spiro atoms. The van der Waals surface area contributed by atoms with Crippen molar-refractivity contribution in [3.8, 4) is 0 Å². The minimum atomic E-state index is -1.21. The normalized spacial score (nSPS) is 13.2. The second-order valence-electron chi connectivity index (χ2n) is 5.51. The molecule has 0 fully saturated rings. The number of amides is 2. The minimum absolute atomic E-state index is 0.0580. The number of carboxylic acid groups (broad SMARTS) is 2. The van der Waals surface area contributed by atoms with Crippen LogP contribution in [-0.2, 0) is 19.2 Å². The molecule has 0 saturated carbocycles. The number of unbranched alkanes of at least 4 members (excludes halogenated alkanes) is 1. The van der Waals surface area contributed by atoms with Crippen LogP contribution < -0.4 is 16.4 Å². The van der Waals surface area contributed by atoms with Crippen molar-refractivity contribution in [1.29, 1.82) is 0 Å². The maximum absolute atomic E-state index is 12.1. The third-order valence-electron chi connectivity index (χ3n) is 3.19. The third-order valence-corrected chi connectivity index (χ3v) is 4.18. The van der Waals surface area contributed by atoms with Gasteiger partial charge in [-0.1, -0.05) is 25.5 Å². The van der Waals surface area contributed by atoms with Crippen molar-refractivity contribution in [3.63, 3.8) is 0 Å². The lowest BCUT2D eigenvalue weighted by Crippen LogP contribution is -2.49. The Kier molecular flexibility index (Phi) is 13.0. The molecule has 148 valence electrons. The number of aliphatic carboxylic acids is 2. The van der Waals surface area contributed by atoms with Crippen molar-refractivity contribution in [3.05, 3.63) is 12.2 Å². The minimum Gasteiger partial charge on any atom is -0.480 e. The maximum atomic E-state index is 12.1. The summed E-state index contributed by atoms with van der Waals surface area (Å²) in [4.78, 5) is 45.2. The molecule has 0 aliphatic heterocycles. The van der Waals surface area contributed by atoms with Crippen LogP contribution in [0.15, 0.2) is 12.2 Å². The van der Waals surface area contributed by atoms with Gasteiger partial charge >= 0.3 is 11.9 Å². The van der Waals surface area contributed by atoms with Crippen LogP contribution >= 0.6 is 11.8 Å². The summed E-state index contributed by atoms with van der Waals surface area (Å²) in [6.07, 6.45) is 5.79. The van der Waals surface area contributed by atoms with Gasteiger partial charge in [-0.3, -0.25) is 19.2 Å². The van der Waals surface area contributed by atoms with Gasteiger partial charge in [-0.05, 0) is 12.8 Å². The fraction of sp³-hybridized carbons (Fsp3) is 0.625. The highest BCUT2D eigenvalue weighted by atomic mass is 32.2. The van der Waals surface area contributed by atoms with Gasteiger partial charge in [0.05, 0.1) is 0 Å². The second-order valence-corrected chi connectivity index (χ2v) is 6.59. The number of nitrogens with two attached hydrogens (primary N) is 1. The van der Waals surface area contributed by atoms with Crippen LogP contribution in [0.1, 0.15) is 32.6 Å². The molecule has 9 nitrogen and oxygen atoms in total. The van der Waals surface area contributed by atoms with Crippen LogP contribution in [0.25, 0.3) is 0 Å². The summed E-state index contributed by atoms with van der Waals surface area (Å²) in [6.45, 7) is 1.52. The summed E-state index contributed by atoms with van der Waals surface area (Å²) in [5.41, 5.74) is 5.34. The van der Waals surface area contributed by atoms with Gasteiger partial charge in [0.15, 0.2) is 0 Å². The summed E-state index contributed by atoms with van der Waals surface area (Å²) < 4.78 is 0. The van der Waals surface area contributed by atoms with Gasteiger partial charge in [-0.15, -0.1) is 0 Å². The first-order chi connectivity index (χ1) is 12.3. The lowest BCUT2D eigenvalue weighted by molar-refractivity contribution is -0.139. The predicted octanol–water partition coefficient (Wildman–Crippen LogP) is -0.0464. The highest BCUT2D eigenvalue weighted by Gasteiger charge is 2.22. The lowest BCUT2D eigenvalue weighted by atomic mass is 10.1. The van der Waals surface area contributed by atoms with E-state index in [-0.39, 0.29) is 18.6 Å². The van der Waals surface area contributed by atoms with Crippen LogP contribution in [0, 0.1) is 0 Å². The van der Waals surface area contributed by atoms with Crippen LogP contribution in [-0.4, -0.2) is 64.1 Å². The monoisotopic (exact) mass is 389 g/mol. The summed E-state index contributed by atoms with van der Waals surface area (Å²) in [6, 6.07) is -2.06. The van der Waals surface area contributed by atoms with Crippen molar-refractivity contribution in [2.45, 2.75) is 44.7 Å². The Morgan fingerprint density at radius 3 is 2.46 bits per heavy atom. The maximum Gasteiger partial charge on any atom is 0.322 e. The average Bonchev–Trinajstić information content (AvgIpc) is 2.59. The molecule has 26 heavy (non-hydrogen) atoms. The molecule has 0 bridgehead atoms. The Balaban J connectivity index is 4.55. The molecular weight excluding hydrogens is 362 g/mol. The van der Waals surface area contributed by atoms with Gasteiger partial charge in [0.25, 0.3) is 0 Å². The first kappa shape index (κ1) is 23.9. The molecule has 10 heteroatoms. The quantitative estimate of drug-likeness (QED) is 0.204. The third kappa shape index (κ3) is 12.3. The van der Waals surface area contributed by atoms with E-state index in [0.717, 1.165) is 12.8 Å². The Hall–Kier alpha value is -2.07. The van der Waals surface area contributed by atoms with E-state index in [4.69, 9.17) is 15.9 Å². The number of allylic oxidation sites excluding steroid dienone is 1. The van der Waals surface area contributed by atoms with E-state index in [1.54, 1.807) is 0 Å². The van der Waals surface area contributed by atoms with Crippen molar-refractivity contribution < 1.29 is 29.4 Å². The lowest BCUT2D eigenvalue weighted by Gasteiger charge is -2.18. The van der Waals surface area contributed by atoms with E-state index >= 15 is 0 Å². The zero-order chi connectivity index (χ0) is 19.9. The largest absolute Gasteiger partial charge is 0.480 e. The van der Waals surface area contributed by atoms with Crippen LogP contribution in [0.4, 0.5) is 0 Å². The molecule has 0 unspecified atom stereocenters. The van der Waals surface area contributed by atoms with Gasteiger partial charge in [-0.2, -0.15) is 11.8 Å². The number of carbonyl (C=O) groups is 4. The molecule has 0 aliphatic carbocycles. The van der Waals surface area contributed by atoms with Gasteiger partial charge in [0.2, 0.25) is 11.8 Å². The Bertz CT molecular complexity index is 512. The topological polar surface area (TPSA) is 159 Å². The Labute approximate surface area is 156 Å². The fourth-order valence-corrected chi connectivity index (χ4v) is 2.63. The van der Waals surface area contributed by atoms with Crippen molar-refractivity contribution in [2.24, 2.45) is 5.73 Å². The number of nitrogens with one attached hydrogen (secondary N) is 2. The van der Waals surface area contributed by atoms with Crippen molar-refractivity contribution in [1.82, 2.24) is 10.6 Å². The molecule has 0 aromatic rings. The summed E-state index contributed by atoms with van der Waals surface area (Å²) >= 11 is 1.42. The molecule has 0 aromatic heterocycles. The fourth-order valence-electron chi connectivity index (χ4n) is 1.75. The summed E-state index contributed by atoms with van der Waals surface area (Å²) in [7, 11) is 0. The molecule has 0 saturated heterocycles. The van der Waals surface area contributed by atoms with E-state index in [9.17, 15) is 19.2 Å². The molecule has 0 aliphatic rings. The smallest absolute Gasteiger partial charge is 0.322 e.